The van der Waals surface area contributed by atoms with E-state index in [0.717, 1.165) is 44.0 Å². The number of hydrogen-bond donors (Lipinski definition) is 2. The molecule has 0 aromatic carbocycles. The summed E-state index contributed by atoms with van der Waals surface area (Å²) < 4.78 is 7.10. The third-order valence-corrected chi connectivity index (χ3v) is 4.59. The fourth-order valence-electron chi connectivity index (χ4n) is 3.00. The molecule has 0 radical (unpaired) electrons. The monoisotopic (exact) mass is 378 g/mol. The van der Waals surface area contributed by atoms with Crippen LogP contribution in [0.15, 0.2) is 22.9 Å². The summed E-state index contributed by atoms with van der Waals surface area (Å²) in [6.45, 7) is 7.14. The third kappa shape index (κ3) is 6.48. The lowest BCUT2D eigenvalue weighted by atomic mass is 9.96. The van der Waals surface area contributed by atoms with E-state index >= 15 is 0 Å². The minimum Gasteiger partial charge on any atom is -0.483 e. The highest BCUT2D eigenvalue weighted by Crippen LogP contribution is 2.19. The summed E-state index contributed by atoms with van der Waals surface area (Å²) >= 11 is 0. The van der Waals surface area contributed by atoms with E-state index in [9.17, 15) is 4.79 Å². The fraction of sp³-hybridized carbons (Fsp3) is 0.588. The van der Waals surface area contributed by atoms with E-state index in [-0.39, 0.29) is 18.4 Å². The maximum atomic E-state index is 12.1. The topological polar surface area (TPSA) is 126 Å². The van der Waals surface area contributed by atoms with E-state index < -0.39 is 0 Å². The number of carbonyl (C=O) groups excluding carboxylic acids is 1. The van der Waals surface area contributed by atoms with Gasteiger partial charge in [-0.2, -0.15) is 0 Å². The number of nitrogens with one attached hydrogen (secondary N) is 1. The van der Waals surface area contributed by atoms with Gasteiger partial charge in [-0.1, -0.05) is 0 Å². The van der Waals surface area contributed by atoms with Gasteiger partial charge in [0.2, 0.25) is 5.91 Å². The molecule has 0 unspecified atom stereocenters. The van der Waals surface area contributed by atoms with Gasteiger partial charge in [-0.15, -0.1) is 5.10 Å². The largest absolute Gasteiger partial charge is 0.483 e. The van der Waals surface area contributed by atoms with Crippen molar-refractivity contribution < 1.29 is 19.1 Å². The maximum absolute atomic E-state index is 12.1. The molecule has 1 saturated heterocycles. The Kier molecular flexibility index (Phi) is 7.93. The van der Waals surface area contributed by atoms with Crippen molar-refractivity contribution in [1.29, 1.82) is 0 Å². The van der Waals surface area contributed by atoms with Crippen molar-refractivity contribution in [2.75, 3.05) is 19.6 Å². The number of rotatable bonds is 6. The van der Waals surface area contributed by atoms with E-state index in [2.05, 4.69) is 25.7 Å². The average Bonchev–Trinajstić information content (AvgIpc) is 3.33. The molecule has 3 heterocycles. The van der Waals surface area contributed by atoms with Crippen LogP contribution in [-0.4, -0.2) is 62.2 Å². The summed E-state index contributed by atoms with van der Waals surface area (Å²) in [4.78, 5) is 22.9. The van der Waals surface area contributed by atoms with E-state index in [1.54, 1.807) is 6.92 Å². The first kappa shape index (κ1) is 20.6. The van der Waals surface area contributed by atoms with Gasteiger partial charge in [-0.25, -0.2) is 4.68 Å². The molecule has 1 amide bonds. The third-order valence-electron chi connectivity index (χ3n) is 4.59. The summed E-state index contributed by atoms with van der Waals surface area (Å²) in [5.41, 5.74) is 0. The van der Waals surface area contributed by atoms with Gasteiger partial charge in [0.1, 0.15) is 23.9 Å². The minimum atomic E-state index is -0.387. The molecule has 2 N–H and O–H groups in total. The van der Waals surface area contributed by atoms with Crippen LogP contribution in [-0.2, 0) is 16.1 Å². The average molecular weight is 378 g/mol. The van der Waals surface area contributed by atoms with Crippen molar-refractivity contribution in [1.82, 2.24) is 30.4 Å². The zero-order valence-electron chi connectivity index (χ0n) is 15.6. The SMILES string of the molecule is Cc1ccc(CN2CCC(CNC(=O)[C@H](C)n3cnnn3)CC2)o1.O=CO. The van der Waals surface area contributed by atoms with Crippen LogP contribution in [0.3, 0.4) is 0 Å². The predicted molar refractivity (Wildman–Crippen MR) is 95.7 cm³/mol. The van der Waals surface area contributed by atoms with Crippen molar-refractivity contribution in [2.45, 2.75) is 39.3 Å². The van der Waals surface area contributed by atoms with E-state index in [0.29, 0.717) is 12.5 Å². The summed E-state index contributed by atoms with van der Waals surface area (Å²) in [6, 6.07) is 3.66. The minimum absolute atomic E-state index is 0.0456. The van der Waals surface area contributed by atoms with Crippen LogP contribution in [0.25, 0.3) is 0 Å². The second-order valence-electron chi connectivity index (χ2n) is 6.55. The Morgan fingerprint density at radius 3 is 2.70 bits per heavy atom. The zero-order chi connectivity index (χ0) is 19.6. The first-order valence-electron chi connectivity index (χ1n) is 8.89. The van der Waals surface area contributed by atoms with Crippen LogP contribution in [0.1, 0.15) is 37.3 Å². The number of hydrogen-bond acceptors (Lipinski definition) is 7. The van der Waals surface area contributed by atoms with Crippen LogP contribution in [0, 0.1) is 12.8 Å². The number of aryl methyl sites for hydroxylation is 1. The molecule has 2 aromatic heterocycles. The van der Waals surface area contributed by atoms with Crippen molar-refractivity contribution in [3.8, 4) is 0 Å². The van der Waals surface area contributed by atoms with Crippen LogP contribution < -0.4 is 5.32 Å². The van der Waals surface area contributed by atoms with Crippen LogP contribution in [0.5, 0.6) is 0 Å². The van der Waals surface area contributed by atoms with Crippen molar-refractivity contribution in [3.63, 3.8) is 0 Å². The molecule has 2 aromatic rings. The van der Waals surface area contributed by atoms with Gasteiger partial charge in [0.15, 0.2) is 0 Å². The number of likely N-dealkylation sites (tertiary alicyclic amines) is 1. The number of nitrogens with zero attached hydrogens (tertiary/aromatic N) is 5. The second-order valence-corrected chi connectivity index (χ2v) is 6.55. The summed E-state index contributed by atoms with van der Waals surface area (Å²) in [5, 5.41) is 20.8. The Hall–Kier alpha value is -2.75. The molecule has 1 atom stereocenters. The standard InChI is InChI=1S/C16H24N6O2.CH2O2/c1-12-3-4-15(24-12)10-21-7-5-14(6-8-21)9-17-16(23)13(2)22-11-18-19-20-22;2-1-3/h3-4,11,13-14H,5-10H2,1-2H3,(H,17,23);1H,(H,2,3)/t13-;/m0./s1. The lowest BCUT2D eigenvalue weighted by Gasteiger charge is -2.31. The maximum Gasteiger partial charge on any atom is 0.290 e. The van der Waals surface area contributed by atoms with Crippen LogP contribution >= 0.6 is 0 Å². The number of carbonyl (C=O) groups is 2. The lowest BCUT2D eigenvalue weighted by Crippen LogP contribution is -2.40. The van der Waals surface area contributed by atoms with Gasteiger partial charge in [0.05, 0.1) is 6.54 Å². The molecule has 1 fully saturated rings. The Balaban J connectivity index is 0.000000817. The number of aromatic nitrogens is 4. The Morgan fingerprint density at radius 1 is 1.44 bits per heavy atom. The summed E-state index contributed by atoms with van der Waals surface area (Å²) in [5.74, 6) is 2.45. The first-order valence-corrected chi connectivity index (χ1v) is 8.89. The van der Waals surface area contributed by atoms with Gasteiger partial charge < -0.3 is 14.8 Å². The predicted octanol–water partition coefficient (Wildman–Crippen LogP) is 0.865. The molecular weight excluding hydrogens is 352 g/mol. The lowest BCUT2D eigenvalue weighted by molar-refractivity contribution is -0.124. The highest BCUT2D eigenvalue weighted by molar-refractivity contribution is 5.79. The smallest absolute Gasteiger partial charge is 0.290 e. The zero-order valence-corrected chi connectivity index (χ0v) is 15.6. The molecule has 148 valence electrons. The van der Waals surface area contributed by atoms with Gasteiger partial charge in [0, 0.05) is 6.54 Å². The molecule has 0 saturated carbocycles. The molecule has 1 aliphatic heterocycles. The number of amides is 1. The van der Waals surface area contributed by atoms with Crippen molar-refractivity contribution in [2.24, 2.45) is 5.92 Å². The van der Waals surface area contributed by atoms with E-state index in [1.807, 2.05) is 19.1 Å². The number of piperidine rings is 1. The molecular formula is C17H26N6O4. The number of tetrazole rings is 1. The van der Waals surface area contributed by atoms with Gasteiger partial charge in [-0.05, 0) is 68.3 Å². The molecule has 0 bridgehead atoms. The Labute approximate surface area is 157 Å². The summed E-state index contributed by atoms with van der Waals surface area (Å²) in [6.07, 6.45) is 3.62. The molecule has 27 heavy (non-hydrogen) atoms. The highest BCUT2D eigenvalue weighted by atomic mass is 16.3. The second kappa shape index (κ2) is 10.4. The highest BCUT2D eigenvalue weighted by Gasteiger charge is 2.22. The van der Waals surface area contributed by atoms with Crippen LogP contribution in [0.4, 0.5) is 0 Å². The number of carboxylic acid groups (broad SMARTS) is 1. The normalized spacial score (nSPS) is 16.2. The molecule has 1 aliphatic rings. The molecule has 10 heteroatoms. The molecule has 0 aliphatic carbocycles. The molecule has 3 rings (SSSR count). The van der Waals surface area contributed by atoms with Gasteiger partial charge >= 0.3 is 0 Å². The van der Waals surface area contributed by atoms with Crippen LogP contribution in [0.2, 0.25) is 0 Å². The van der Waals surface area contributed by atoms with Crippen molar-refractivity contribution >= 4 is 12.4 Å². The van der Waals surface area contributed by atoms with E-state index in [4.69, 9.17) is 14.3 Å². The molecule has 0 spiro atoms. The van der Waals surface area contributed by atoms with Gasteiger partial charge in [0.25, 0.3) is 6.47 Å². The van der Waals surface area contributed by atoms with E-state index in [1.165, 1.54) is 11.0 Å². The Morgan fingerprint density at radius 2 is 2.15 bits per heavy atom. The quantitative estimate of drug-likeness (QED) is 0.709. The fourth-order valence-corrected chi connectivity index (χ4v) is 3.00. The molecule has 10 nitrogen and oxygen atoms in total. The Bertz CT molecular complexity index is 694. The first-order chi connectivity index (χ1) is 13.0. The van der Waals surface area contributed by atoms with Gasteiger partial charge in [-0.3, -0.25) is 14.5 Å². The summed E-state index contributed by atoms with van der Waals surface area (Å²) in [7, 11) is 0. The number of furan rings is 1. The van der Waals surface area contributed by atoms with Crippen molar-refractivity contribution in [3.05, 3.63) is 30.0 Å².